The molecule has 2 heterocycles. The smallest absolute Gasteiger partial charge is 0.259 e. The van der Waals surface area contributed by atoms with E-state index in [-0.39, 0.29) is 5.91 Å². The van der Waals surface area contributed by atoms with E-state index in [0.29, 0.717) is 0 Å². The number of H-pyrrole nitrogens is 1. The molecule has 0 aliphatic heterocycles. The molecule has 0 fully saturated rings. The third-order valence-corrected chi connectivity index (χ3v) is 7.73. The molecule has 172 valence electrons. The quantitative estimate of drug-likeness (QED) is 0.251. The number of fused-ring (bicyclic) bond motifs is 2. The topological polar surface area (TPSA) is 57.2 Å². The number of anilines is 1. The highest BCUT2D eigenvalue weighted by atomic mass is 32.1. The zero-order valence-corrected chi connectivity index (χ0v) is 20.1. The number of carbonyl (C=O) groups is 1. The SMILES string of the molecule is O=C(Nc1ccccc1)c1c(N=Cc2c(-c3ccccc3)[nH]c3ccccc23)sc2c1CCCC2. The molecule has 3 aromatic carbocycles. The third kappa shape index (κ3) is 4.19. The first kappa shape index (κ1) is 21.6. The minimum Gasteiger partial charge on any atom is -0.354 e. The number of para-hydroxylation sites is 2. The number of aryl methyl sites for hydroxylation is 1. The Bertz CT molecular complexity index is 1530. The van der Waals surface area contributed by atoms with Gasteiger partial charge >= 0.3 is 0 Å². The lowest BCUT2D eigenvalue weighted by molar-refractivity contribution is 0.102. The van der Waals surface area contributed by atoms with Crippen molar-refractivity contribution in [3.05, 3.63) is 106 Å². The van der Waals surface area contributed by atoms with Crippen molar-refractivity contribution in [3.63, 3.8) is 0 Å². The molecule has 2 N–H and O–H groups in total. The van der Waals surface area contributed by atoms with Crippen LogP contribution in [-0.4, -0.2) is 17.1 Å². The monoisotopic (exact) mass is 475 g/mol. The second-order valence-electron chi connectivity index (χ2n) is 8.79. The van der Waals surface area contributed by atoms with Gasteiger partial charge in [0.2, 0.25) is 0 Å². The van der Waals surface area contributed by atoms with Crippen LogP contribution < -0.4 is 5.32 Å². The summed E-state index contributed by atoms with van der Waals surface area (Å²) in [5, 5.41) is 4.99. The predicted octanol–water partition coefficient (Wildman–Crippen LogP) is 7.78. The van der Waals surface area contributed by atoms with E-state index >= 15 is 0 Å². The molecule has 5 aromatic rings. The number of aliphatic imine (C=N–C) groups is 1. The van der Waals surface area contributed by atoms with Gasteiger partial charge in [-0.3, -0.25) is 4.79 Å². The van der Waals surface area contributed by atoms with Crippen LogP contribution in [0.4, 0.5) is 10.7 Å². The van der Waals surface area contributed by atoms with Gasteiger partial charge in [-0.2, -0.15) is 0 Å². The van der Waals surface area contributed by atoms with E-state index < -0.39 is 0 Å². The molecule has 0 radical (unpaired) electrons. The third-order valence-electron chi connectivity index (χ3n) is 6.53. The van der Waals surface area contributed by atoms with Crippen LogP contribution in [0.2, 0.25) is 0 Å². The molecule has 0 saturated heterocycles. The van der Waals surface area contributed by atoms with E-state index in [1.165, 1.54) is 10.4 Å². The lowest BCUT2D eigenvalue weighted by Gasteiger charge is -2.12. The molecule has 2 aromatic heterocycles. The van der Waals surface area contributed by atoms with Gasteiger partial charge in [0.1, 0.15) is 5.00 Å². The van der Waals surface area contributed by atoms with Crippen molar-refractivity contribution in [1.29, 1.82) is 0 Å². The number of aromatic amines is 1. The zero-order valence-electron chi connectivity index (χ0n) is 19.3. The Morgan fingerprint density at radius 2 is 1.60 bits per heavy atom. The molecule has 35 heavy (non-hydrogen) atoms. The lowest BCUT2D eigenvalue weighted by Crippen LogP contribution is -2.14. The highest BCUT2D eigenvalue weighted by molar-refractivity contribution is 7.16. The Labute approximate surface area is 208 Å². The van der Waals surface area contributed by atoms with E-state index in [4.69, 9.17) is 4.99 Å². The Hall–Kier alpha value is -3.96. The Morgan fingerprint density at radius 1 is 0.886 bits per heavy atom. The first-order valence-electron chi connectivity index (χ1n) is 12.0. The number of amides is 1. The second kappa shape index (κ2) is 9.35. The summed E-state index contributed by atoms with van der Waals surface area (Å²) < 4.78 is 0. The molecule has 4 nitrogen and oxygen atoms in total. The number of thiophene rings is 1. The number of rotatable bonds is 5. The first-order valence-corrected chi connectivity index (χ1v) is 12.8. The normalized spacial score (nSPS) is 13.3. The molecule has 1 amide bonds. The molecular weight excluding hydrogens is 450 g/mol. The van der Waals surface area contributed by atoms with Gasteiger partial charge < -0.3 is 10.3 Å². The average Bonchev–Trinajstić information content (AvgIpc) is 3.47. The summed E-state index contributed by atoms with van der Waals surface area (Å²) in [7, 11) is 0. The van der Waals surface area contributed by atoms with Crippen molar-refractivity contribution in [1.82, 2.24) is 4.98 Å². The van der Waals surface area contributed by atoms with Crippen molar-refractivity contribution < 1.29 is 4.79 Å². The summed E-state index contributed by atoms with van der Waals surface area (Å²) in [6.07, 6.45) is 6.15. The fourth-order valence-corrected chi connectivity index (χ4v) is 6.08. The van der Waals surface area contributed by atoms with Crippen LogP contribution in [0.1, 0.15) is 39.2 Å². The van der Waals surface area contributed by atoms with Crippen molar-refractivity contribution >= 4 is 45.0 Å². The Balaban J connectivity index is 1.44. The molecule has 0 spiro atoms. The summed E-state index contributed by atoms with van der Waals surface area (Å²) in [6, 6.07) is 28.2. The maximum absolute atomic E-state index is 13.4. The van der Waals surface area contributed by atoms with Gasteiger partial charge in [0, 0.05) is 33.2 Å². The van der Waals surface area contributed by atoms with Crippen molar-refractivity contribution in [3.8, 4) is 11.3 Å². The summed E-state index contributed by atoms with van der Waals surface area (Å²) in [4.78, 5) is 23.3. The van der Waals surface area contributed by atoms with Crippen LogP contribution in [-0.2, 0) is 12.8 Å². The number of carbonyl (C=O) groups excluding carboxylic acids is 1. The van der Waals surface area contributed by atoms with Crippen LogP contribution >= 0.6 is 11.3 Å². The van der Waals surface area contributed by atoms with Crippen LogP contribution in [0.5, 0.6) is 0 Å². The highest BCUT2D eigenvalue weighted by Crippen LogP contribution is 2.40. The number of benzene rings is 3. The van der Waals surface area contributed by atoms with E-state index in [9.17, 15) is 4.79 Å². The summed E-state index contributed by atoms with van der Waals surface area (Å²) >= 11 is 1.66. The molecule has 0 unspecified atom stereocenters. The number of hydrogen-bond donors (Lipinski definition) is 2. The lowest BCUT2D eigenvalue weighted by atomic mass is 9.95. The minimum absolute atomic E-state index is 0.0787. The molecule has 0 atom stereocenters. The van der Waals surface area contributed by atoms with E-state index in [2.05, 4.69) is 34.6 Å². The fraction of sp³-hybridized carbons (Fsp3) is 0.133. The van der Waals surface area contributed by atoms with Crippen LogP contribution in [0, 0.1) is 0 Å². The van der Waals surface area contributed by atoms with Gasteiger partial charge in [-0.1, -0.05) is 66.7 Å². The fourth-order valence-electron chi connectivity index (χ4n) is 4.85. The number of hydrogen-bond acceptors (Lipinski definition) is 3. The molecule has 6 rings (SSSR count). The van der Waals surface area contributed by atoms with Crippen LogP contribution in [0.3, 0.4) is 0 Å². The molecule has 1 aliphatic rings. The average molecular weight is 476 g/mol. The van der Waals surface area contributed by atoms with Gasteiger partial charge in [-0.05, 0) is 55.0 Å². The standard InChI is InChI=1S/C30H25N3OS/c34-29(32-21-13-5-2-6-14-21)27-23-16-8-10-18-26(23)35-30(27)31-19-24-22-15-7-9-17-25(22)33-28(24)20-11-3-1-4-12-20/h1-7,9,11-15,17,19,33H,8,10,16,18H2,(H,32,34). The van der Waals surface area contributed by atoms with Crippen LogP contribution in [0.25, 0.3) is 22.2 Å². The molecule has 0 saturated carbocycles. The molecule has 5 heteroatoms. The summed E-state index contributed by atoms with van der Waals surface area (Å²) in [5.41, 5.74) is 6.94. The first-order chi connectivity index (χ1) is 17.3. The molecule has 0 bridgehead atoms. The van der Waals surface area contributed by atoms with Crippen molar-refractivity contribution in [2.75, 3.05) is 5.32 Å². The largest absolute Gasteiger partial charge is 0.354 e. The van der Waals surface area contributed by atoms with E-state index in [1.54, 1.807) is 11.3 Å². The van der Waals surface area contributed by atoms with Gasteiger partial charge in [0.25, 0.3) is 5.91 Å². The Kier molecular flexibility index (Phi) is 5.76. The van der Waals surface area contributed by atoms with Crippen molar-refractivity contribution in [2.45, 2.75) is 25.7 Å². The number of nitrogens with one attached hydrogen (secondary N) is 2. The predicted molar refractivity (Wildman–Crippen MR) is 146 cm³/mol. The maximum atomic E-state index is 13.4. The molecule has 1 aliphatic carbocycles. The minimum atomic E-state index is -0.0787. The van der Waals surface area contributed by atoms with Gasteiger partial charge in [0.05, 0.1) is 11.3 Å². The van der Waals surface area contributed by atoms with Gasteiger partial charge in [0.15, 0.2) is 0 Å². The van der Waals surface area contributed by atoms with E-state index in [1.807, 2.05) is 66.9 Å². The van der Waals surface area contributed by atoms with Gasteiger partial charge in [-0.25, -0.2) is 4.99 Å². The highest BCUT2D eigenvalue weighted by Gasteiger charge is 2.25. The van der Waals surface area contributed by atoms with Gasteiger partial charge in [-0.15, -0.1) is 11.3 Å². The number of aromatic nitrogens is 1. The van der Waals surface area contributed by atoms with Crippen LogP contribution in [0.15, 0.2) is 89.9 Å². The summed E-state index contributed by atoms with van der Waals surface area (Å²) in [5.74, 6) is -0.0787. The zero-order chi connectivity index (χ0) is 23.6. The van der Waals surface area contributed by atoms with Crippen molar-refractivity contribution in [2.24, 2.45) is 4.99 Å². The Morgan fingerprint density at radius 3 is 2.43 bits per heavy atom. The number of nitrogens with zero attached hydrogens (tertiary/aromatic N) is 1. The molecular formula is C30H25N3OS. The summed E-state index contributed by atoms with van der Waals surface area (Å²) in [6.45, 7) is 0. The maximum Gasteiger partial charge on any atom is 0.259 e. The second-order valence-corrected chi connectivity index (χ2v) is 9.88. The van der Waals surface area contributed by atoms with E-state index in [0.717, 1.165) is 69.7 Å².